The van der Waals surface area contributed by atoms with Gasteiger partial charge in [0.15, 0.2) is 18.1 Å². The normalized spacial score (nSPS) is 10.2. The average molecular weight is 363 g/mol. The molecule has 0 unspecified atom stereocenters. The van der Waals surface area contributed by atoms with Crippen LogP contribution < -0.4 is 20.5 Å². The Morgan fingerprint density at radius 2 is 1.92 bits per heavy atom. The summed E-state index contributed by atoms with van der Waals surface area (Å²) >= 11 is 6.07. The number of methoxy groups -OCH3 is 1. The topological polar surface area (TPSA) is 90.7 Å². The number of nitrogens with two attached hydrogens (primary N) is 1. The second-order valence-electron chi connectivity index (χ2n) is 5.43. The lowest BCUT2D eigenvalue weighted by molar-refractivity contribution is -0.120. The van der Waals surface area contributed by atoms with E-state index in [4.69, 9.17) is 26.8 Å². The van der Waals surface area contributed by atoms with Crippen molar-refractivity contribution in [3.63, 3.8) is 0 Å². The highest BCUT2D eigenvalue weighted by molar-refractivity contribution is 6.31. The first kappa shape index (κ1) is 18.6. The van der Waals surface area contributed by atoms with Crippen LogP contribution in [0.2, 0.25) is 5.02 Å². The second kappa shape index (κ2) is 8.39. The number of ether oxygens (including phenoxy) is 2. The van der Waals surface area contributed by atoms with E-state index in [-0.39, 0.29) is 18.9 Å². The minimum Gasteiger partial charge on any atom is -0.493 e. The number of carbonyl (C=O) groups excluding carboxylic acids is 2. The third-order valence-electron chi connectivity index (χ3n) is 3.42. The number of anilines is 1. The van der Waals surface area contributed by atoms with Crippen molar-refractivity contribution in [1.82, 2.24) is 0 Å². The van der Waals surface area contributed by atoms with Crippen molar-refractivity contribution in [3.8, 4) is 11.5 Å². The summed E-state index contributed by atoms with van der Waals surface area (Å²) in [5.74, 6) is -0.0549. The van der Waals surface area contributed by atoms with E-state index in [1.807, 2.05) is 19.1 Å². The van der Waals surface area contributed by atoms with Crippen LogP contribution in [-0.2, 0) is 16.0 Å². The Morgan fingerprint density at radius 3 is 2.56 bits per heavy atom. The predicted octanol–water partition coefficient (Wildman–Crippen LogP) is 2.70. The van der Waals surface area contributed by atoms with Gasteiger partial charge in [-0.3, -0.25) is 9.59 Å². The number of hydrogen-bond acceptors (Lipinski definition) is 4. The van der Waals surface area contributed by atoms with Gasteiger partial charge in [-0.2, -0.15) is 0 Å². The van der Waals surface area contributed by atoms with Crippen molar-refractivity contribution in [1.29, 1.82) is 0 Å². The number of aryl methyl sites for hydroxylation is 1. The maximum atomic E-state index is 12.2. The monoisotopic (exact) mass is 362 g/mol. The Kier molecular flexibility index (Phi) is 6.25. The lowest BCUT2D eigenvalue weighted by atomic mass is 10.1. The molecule has 2 aromatic carbocycles. The molecule has 0 fully saturated rings. The van der Waals surface area contributed by atoms with Gasteiger partial charge in [0, 0.05) is 16.8 Å². The van der Waals surface area contributed by atoms with Crippen LogP contribution in [0.3, 0.4) is 0 Å². The number of benzene rings is 2. The SMILES string of the molecule is COc1ccc(NC(=O)Cc2ccc(C)c(Cl)c2)cc1OCC(N)=O. The number of rotatable bonds is 7. The molecule has 0 atom stereocenters. The number of hydrogen-bond donors (Lipinski definition) is 2. The van der Waals surface area contributed by atoms with Crippen LogP contribution in [0.25, 0.3) is 0 Å². The first-order chi connectivity index (χ1) is 11.9. The molecule has 2 amide bonds. The Hall–Kier alpha value is -2.73. The lowest BCUT2D eigenvalue weighted by Gasteiger charge is -2.12. The van der Waals surface area contributed by atoms with Gasteiger partial charge in [0.25, 0.3) is 5.91 Å². The van der Waals surface area contributed by atoms with Crippen molar-refractivity contribution in [2.75, 3.05) is 19.0 Å². The highest BCUT2D eigenvalue weighted by Gasteiger charge is 2.10. The van der Waals surface area contributed by atoms with Crippen LogP contribution in [0.15, 0.2) is 36.4 Å². The lowest BCUT2D eigenvalue weighted by Crippen LogP contribution is -2.20. The Bertz CT molecular complexity index is 793. The molecule has 0 aliphatic carbocycles. The summed E-state index contributed by atoms with van der Waals surface area (Å²) in [5.41, 5.74) is 7.36. The van der Waals surface area contributed by atoms with Crippen molar-refractivity contribution >= 4 is 29.1 Å². The maximum absolute atomic E-state index is 12.2. The summed E-state index contributed by atoms with van der Waals surface area (Å²) in [7, 11) is 1.48. The van der Waals surface area contributed by atoms with Crippen LogP contribution in [0, 0.1) is 6.92 Å². The molecule has 0 saturated carbocycles. The van der Waals surface area contributed by atoms with E-state index in [2.05, 4.69) is 5.32 Å². The van der Waals surface area contributed by atoms with E-state index in [0.29, 0.717) is 22.2 Å². The molecule has 7 heteroatoms. The van der Waals surface area contributed by atoms with E-state index in [1.165, 1.54) is 7.11 Å². The molecular formula is C18H19ClN2O4. The molecule has 0 saturated heterocycles. The molecule has 0 aliphatic rings. The van der Waals surface area contributed by atoms with E-state index in [0.717, 1.165) is 11.1 Å². The molecule has 0 spiro atoms. The van der Waals surface area contributed by atoms with Gasteiger partial charge in [0.1, 0.15) is 0 Å². The van der Waals surface area contributed by atoms with Gasteiger partial charge < -0.3 is 20.5 Å². The Morgan fingerprint density at radius 1 is 1.16 bits per heavy atom. The van der Waals surface area contributed by atoms with Gasteiger partial charge in [0.05, 0.1) is 13.5 Å². The molecule has 0 heterocycles. The third kappa shape index (κ3) is 5.39. The van der Waals surface area contributed by atoms with Gasteiger partial charge in [-0.25, -0.2) is 0 Å². The zero-order chi connectivity index (χ0) is 18.4. The largest absolute Gasteiger partial charge is 0.493 e. The number of halogens is 1. The molecule has 0 bridgehead atoms. The number of amides is 2. The zero-order valence-corrected chi connectivity index (χ0v) is 14.7. The summed E-state index contributed by atoms with van der Waals surface area (Å²) in [6, 6.07) is 10.4. The van der Waals surface area contributed by atoms with Crippen LogP contribution in [0.5, 0.6) is 11.5 Å². The smallest absolute Gasteiger partial charge is 0.255 e. The maximum Gasteiger partial charge on any atom is 0.255 e. The molecule has 0 aromatic heterocycles. The first-order valence-electron chi connectivity index (χ1n) is 7.53. The van der Waals surface area contributed by atoms with Gasteiger partial charge in [0.2, 0.25) is 5.91 Å². The minimum absolute atomic E-state index is 0.184. The first-order valence-corrected chi connectivity index (χ1v) is 7.91. The standard InChI is InChI=1S/C18H19ClN2O4/c1-11-3-4-12(7-14(11)19)8-18(23)21-13-5-6-15(24-2)16(9-13)25-10-17(20)22/h3-7,9H,8,10H2,1-2H3,(H2,20,22)(H,21,23). The van der Waals surface area contributed by atoms with Crippen molar-refractivity contribution in [2.24, 2.45) is 5.73 Å². The van der Waals surface area contributed by atoms with Crippen LogP contribution in [-0.4, -0.2) is 25.5 Å². The molecule has 2 aromatic rings. The van der Waals surface area contributed by atoms with Crippen LogP contribution in [0.1, 0.15) is 11.1 Å². The fourth-order valence-electron chi connectivity index (χ4n) is 2.15. The predicted molar refractivity (Wildman–Crippen MR) is 96.2 cm³/mol. The molecule has 2 rings (SSSR count). The minimum atomic E-state index is -0.604. The molecule has 3 N–H and O–H groups in total. The zero-order valence-electron chi connectivity index (χ0n) is 14.0. The van der Waals surface area contributed by atoms with Crippen molar-refractivity contribution in [2.45, 2.75) is 13.3 Å². The van der Waals surface area contributed by atoms with Gasteiger partial charge >= 0.3 is 0 Å². The summed E-state index contributed by atoms with van der Waals surface area (Å²) in [6.07, 6.45) is 0.184. The van der Waals surface area contributed by atoms with Crippen molar-refractivity contribution < 1.29 is 19.1 Å². The summed E-state index contributed by atoms with van der Waals surface area (Å²) in [4.78, 5) is 23.1. The van der Waals surface area contributed by atoms with Gasteiger partial charge in [-0.1, -0.05) is 23.7 Å². The van der Waals surface area contributed by atoms with Gasteiger partial charge in [-0.05, 0) is 36.2 Å². The van der Waals surface area contributed by atoms with E-state index >= 15 is 0 Å². The highest BCUT2D eigenvalue weighted by atomic mass is 35.5. The third-order valence-corrected chi connectivity index (χ3v) is 3.83. The number of carbonyl (C=O) groups is 2. The average Bonchev–Trinajstić information content (AvgIpc) is 2.56. The summed E-state index contributed by atoms with van der Waals surface area (Å²) in [6.45, 7) is 1.62. The summed E-state index contributed by atoms with van der Waals surface area (Å²) in [5, 5.41) is 3.39. The highest BCUT2D eigenvalue weighted by Crippen LogP contribution is 2.30. The Labute approximate surface area is 150 Å². The fourth-order valence-corrected chi connectivity index (χ4v) is 2.36. The van der Waals surface area contributed by atoms with Gasteiger partial charge in [-0.15, -0.1) is 0 Å². The van der Waals surface area contributed by atoms with E-state index < -0.39 is 5.91 Å². The van der Waals surface area contributed by atoms with Crippen LogP contribution >= 0.6 is 11.6 Å². The number of primary amides is 1. The van der Waals surface area contributed by atoms with E-state index in [1.54, 1.807) is 24.3 Å². The second-order valence-corrected chi connectivity index (χ2v) is 5.84. The molecule has 0 aliphatic heterocycles. The molecular weight excluding hydrogens is 344 g/mol. The quantitative estimate of drug-likeness (QED) is 0.792. The van der Waals surface area contributed by atoms with E-state index in [9.17, 15) is 9.59 Å². The van der Waals surface area contributed by atoms with Crippen molar-refractivity contribution in [3.05, 3.63) is 52.5 Å². The number of nitrogens with one attached hydrogen (secondary N) is 1. The molecule has 0 radical (unpaired) electrons. The molecule has 6 nitrogen and oxygen atoms in total. The van der Waals surface area contributed by atoms with Crippen LogP contribution in [0.4, 0.5) is 5.69 Å². The molecule has 25 heavy (non-hydrogen) atoms. The summed E-state index contributed by atoms with van der Waals surface area (Å²) < 4.78 is 10.4. The molecule has 132 valence electrons. The Balaban J connectivity index is 2.07. The fraction of sp³-hybridized carbons (Fsp3) is 0.222.